The molecule has 0 spiro atoms. The molecule has 1 aromatic heterocycles. The van der Waals surface area contributed by atoms with Crippen LogP contribution < -0.4 is 10.4 Å². The molecule has 174 valence electrons. The van der Waals surface area contributed by atoms with Gasteiger partial charge in [-0.05, 0) is 29.7 Å². The highest BCUT2D eigenvalue weighted by Crippen LogP contribution is 2.42. The number of aromatic nitrogens is 1. The molecular formula is C26H25N3O4S. The van der Waals surface area contributed by atoms with Gasteiger partial charge < -0.3 is 9.64 Å². The molecule has 0 saturated heterocycles. The van der Waals surface area contributed by atoms with Crippen molar-refractivity contribution in [1.82, 2.24) is 9.58 Å². The topological polar surface area (TPSA) is 71.8 Å². The van der Waals surface area contributed by atoms with Crippen LogP contribution >= 0.6 is 11.8 Å². The van der Waals surface area contributed by atoms with Gasteiger partial charge in [0.1, 0.15) is 19.0 Å². The number of amides is 1. The second-order valence-electron chi connectivity index (χ2n) is 8.42. The molecule has 7 nitrogen and oxygen atoms in total. The molecule has 0 saturated carbocycles. The number of rotatable bonds is 4. The Morgan fingerprint density at radius 2 is 1.79 bits per heavy atom. The van der Waals surface area contributed by atoms with E-state index in [-0.39, 0.29) is 37.2 Å². The molecule has 0 fully saturated rings. The number of hydrogen-bond donors (Lipinski definition) is 0. The number of carbonyl (C=O) groups is 2. The number of nitrogens with zero attached hydrogens (tertiary/aromatic N) is 3. The van der Waals surface area contributed by atoms with Gasteiger partial charge in [0.2, 0.25) is 0 Å². The van der Waals surface area contributed by atoms with Crippen LogP contribution in [0.25, 0.3) is 0 Å². The van der Waals surface area contributed by atoms with Crippen molar-refractivity contribution in [2.24, 2.45) is 0 Å². The molecule has 2 aromatic carbocycles. The second kappa shape index (κ2) is 9.02. The van der Waals surface area contributed by atoms with Crippen LogP contribution in [0.5, 0.6) is 0 Å². The van der Waals surface area contributed by atoms with Crippen molar-refractivity contribution < 1.29 is 14.3 Å². The summed E-state index contributed by atoms with van der Waals surface area (Å²) < 4.78 is 6.95. The quantitative estimate of drug-likeness (QED) is 0.538. The maximum Gasteiger partial charge on any atom is 0.302 e. The summed E-state index contributed by atoms with van der Waals surface area (Å²) in [5.41, 5.74) is 4.10. The van der Waals surface area contributed by atoms with E-state index in [1.54, 1.807) is 29.8 Å². The highest BCUT2D eigenvalue weighted by Gasteiger charge is 2.37. The zero-order chi connectivity index (χ0) is 23.8. The van der Waals surface area contributed by atoms with Gasteiger partial charge in [0.15, 0.2) is 5.43 Å². The Balaban J connectivity index is 1.68. The normalized spacial score (nSPS) is 16.9. The van der Waals surface area contributed by atoms with E-state index in [1.165, 1.54) is 23.4 Å². The molecule has 0 radical (unpaired) electrons. The molecule has 2 aliphatic heterocycles. The van der Waals surface area contributed by atoms with Crippen molar-refractivity contribution in [3.05, 3.63) is 99.0 Å². The Labute approximate surface area is 201 Å². The van der Waals surface area contributed by atoms with Crippen molar-refractivity contribution in [3.8, 4) is 0 Å². The highest BCUT2D eigenvalue weighted by molar-refractivity contribution is 7.98. The molecule has 0 aliphatic carbocycles. The van der Waals surface area contributed by atoms with Crippen molar-refractivity contribution in [2.45, 2.75) is 30.5 Å². The highest BCUT2D eigenvalue weighted by atomic mass is 32.2. The van der Waals surface area contributed by atoms with E-state index in [2.05, 4.69) is 29.3 Å². The molecule has 1 unspecified atom stereocenters. The van der Waals surface area contributed by atoms with Crippen LogP contribution in [0.2, 0.25) is 0 Å². The smallest absolute Gasteiger partial charge is 0.302 e. The predicted octanol–water partition coefficient (Wildman–Crippen LogP) is 3.47. The zero-order valence-corrected chi connectivity index (χ0v) is 19.9. The van der Waals surface area contributed by atoms with Crippen molar-refractivity contribution in [1.29, 1.82) is 0 Å². The zero-order valence-electron chi connectivity index (χ0n) is 19.1. The average Bonchev–Trinajstić information content (AvgIpc) is 2.99. The van der Waals surface area contributed by atoms with E-state index in [9.17, 15) is 14.4 Å². The van der Waals surface area contributed by atoms with Gasteiger partial charge in [0, 0.05) is 35.4 Å². The largest absolute Gasteiger partial charge is 0.464 e. The minimum atomic E-state index is -0.391. The number of esters is 1. The number of benzene rings is 2. The lowest BCUT2D eigenvalue weighted by Gasteiger charge is -2.44. The summed E-state index contributed by atoms with van der Waals surface area (Å²) in [5, 5.41) is 2.13. The fourth-order valence-corrected chi connectivity index (χ4v) is 5.74. The molecule has 2 aliphatic rings. The average molecular weight is 476 g/mol. The van der Waals surface area contributed by atoms with Crippen LogP contribution in [0.4, 0.5) is 0 Å². The molecule has 3 heterocycles. The van der Waals surface area contributed by atoms with Gasteiger partial charge in [-0.1, -0.05) is 42.5 Å². The molecule has 34 heavy (non-hydrogen) atoms. The van der Waals surface area contributed by atoms with E-state index in [4.69, 9.17) is 4.74 Å². The van der Waals surface area contributed by atoms with Crippen LogP contribution in [0, 0.1) is 6.92 Å². The summed E-state index contributed by atoms with van der Waals surface area (Å²) >= 11 is 1.80. The number of hydrogen-bond acceptors (Lipinski definition) is 6. The number of fused-ring (bicyclic) bond motifs is 3. The van der Waals surface area contributed by atoms with E-state index in [1.807, 2.05) is 28.9 Å². The molecule has 1 amide bonds. The molecule has 0 bridgehead atoms. The molecule has 5 rings (SSSR count). The lowest BCUT2D eigenvalue weighted by atomic mass is 9.94. The van der Waals surface area contributed by atoms with Crippen LogP contribution in [-0.4, -0.2) is 41.3 Å². The lowest BCUT2D eigenvalue weighted by Crippen LogP contribution is -2.56. The second-order valence-corrected chi connectivity index (χ2v) is 9.43. The summed E-state index contributed by atoms with van der Waals surface area (Å²) in [5.74, 6) is 0.212. The van der Waals surface area contributed by atoms with Gasteiger partial charge in [-0.2, -0.15) is 0 Å². The molecule has 0 N–H and O–H groups in total. The van der Waals surface area contributed by atoms with Gasteiger partial charge in [-0.3, -0.25) is 24.1 Å². The fourth-order valence-electron chi connectivity index (χ4n) is 4.65. The Bertz CT molecular complexity index is 1290. The summed E-state index contributed by atoms with van der Waals surface area (Å²) in [6, 6.07) is 18.0. The first-order valence-electron chi connectivity index (χ1n) is 11.2. The number of pyridine rings is 1. The van der Waals surface area contributed by atoms with Crippen molar-refractivity contribution in [2.75, 3.05) is 24.8 Å². The maximum absolute atomic E-state index is 13.4. The van der Waals surface area contributed by atoms with Gasteiger partial charge in [0.05, 0.1) is 12.6 Å². The van der Waals surface area contributed by atoms with Crippen LogP contribution in [0.15, 0.2) is 70.5 Å². The van der Waals surface area contributed by atoms with E-state index in [0.717, 1.165) is 16.9 Å². The summed E-state index contributed by atoms with van der Waals surface area (Å²) in [6.07, 6.45) is 1.69. The Morgan fingerprint density at radius 1 is 1.06 bits per heavy atom. The minimum Gasteiger partial charge on any atom is -0.464 e. The predicted molar refractivity (Wildman–Crippen MR) is 130 cm³/mol. The first-order valence-corrected chi connectivity index (χ1v) is 12.2. The Morgan fingerprint density at radius 3 is 2.59 bits per heavy atom. The van der Waals surface area contributed by atoms with Crippen molar-refractivity contribution >= 4 is 23.6 Å². The van der Waals surface area contributed by atoms with Gasteiger partial charge >= 0.3 is 5.97 Å². The van der Waals surface area contributed by atoms with Gasteiger partial charge in [0.25, 0.3) is 5.91 Å². The summed E-state index contributed by atoms with van der Waals surface area (Å²) in [6.45, 7) is 3.65. The van der Waals surface area contributed by atoms with E-state index in [0.29, 0.717) is 11.3 Å². The monoisotopic (exact) mass is 475 g/mol. The van der Waals surface area contributed by atoms with Crippen LogP contribution in [0.3, 0.4) is 0 Å². The van der Waals surface area contributed by atoms with Crippen molar-refractivity contribution in [3.63, 3.8) is 0 Å². The van der Waals surface area contributed by atoms with Crippen LogP contribution in [-0.2, 0) is 15.3 Å². The number of carbonyl (C=O) groups excluding carboxylic acids is 2. The van der Waals surface area contributed by atoms with Gasteiger partial charge in [-0.25, -0.2) is 0 Å². The first kappa shape index (κ1) is 22.3. The van der Waals surface area contributed by atoms with E-state index >= 15 is 0 Å². The van der Waals surface area contributed by atoms with E-state index < -0.39 is 5.97 Å². The minimum absolute atomic E-state index is 0.0960. The third kappa shape index (κ3) is 3.88. The molecule has 8 heteroatoms. The molecule has 1 atom stereocenters. The van der Waals surface area contributed by atoms with Gasteiger partial charge in [-0.15, -0.1) is 11.8 Å². The summed E-state index contributed by atoms with van der Waals surface area (Å²) in [4.78, 5) is 40.1. The van der Waals surface area contributed by atoms with Crippen LogP contribution in [0.1, 0.15) is 45.7 Å². The third-order valence-electron chi connectivity index (χ3n) is 6.31. The third-order valence-corrected chi connectivity index (χ3v) is 7.45. The standard InChI is InChI=1S/C26H25N3O4S/c1-17-22(31)11-12-28-24(17)26(32)27(13-14-33-18(2)30)16-29(28)25-20-8-4-3-7-19(20)15-34-23-10-6-5-9-21(23)25/h3-12,25H,13-16H2,1-2H3. The SMILES string of the molecule is CC(=O)OCCN1CN(C2c3ccccc3CSc3ccccc32)n2ccc(=O)c(C)c2C1=O. The Kier molecular flexibility index (Phi) is 5.91. The number of thioether (sulfide) groups is 1. The fraction of sp³-hybridized carbons (Fsp3) is 0.269. The first-order chi connectivity index (χ1) is 16.5. The summed E-state index contributed by atoms with van der Waals surface area (Å²) in [7, 11) is 0. The molecule has 3 aromatic rings. The lowest BCUT2D eigenvalue weighted by molar-refractivity contribution is -0.141. The maximum atomic E-state index is 13.4. The molecular weight excluding hydrogens is 450 g/mol. The Hall–Kier alpha value is -3.52. The number of ether oxygens (including phenoxy) is 1.